The first-order valence-corrected chi connectivity index (χ1v) is 7.11. The normalized spacial score (nSPS) is 13.3. The van der Waals surface area contributed by atoms with Gasteiger partial charge in [0, 0.05) is 11.1 Å². The van der Waals surface area contributed by atoms with Gasteiger partial charge < -0.3 is 10.9 Å². The van der Waals surface area contributed by atoms with Crippen LogP contribution in [0.15, 0.2) is 23.4 Å². The average Bonchev–Trinajstić information content (AvgIpc) is 2.27. The molecular formula is C11H17FN4O3S. The van der Waals surface area contributed by atoms with Crippen molar-refractivity contribution in [2.75, 3.05) is 4.72 Å². The van der Waals surface area contributed by atoms with E-state index in [9.17, 15) is 12.8 Å². The van der Waals surface area contributed by atoms with Gasteiger partial charge >= 0.3 is 0 Å². The lowest BCUT2D eigenvalue weighted by Crippen LogP contribution is -2.43. The molecule has 0 unspecified atom stereocenters. The van der Waals surface area contributed by atoms with Gasteiger partial charge in [0.1, 0.15) is 5.82 Å². The Labute approximate surface area is 116 Å². The zero-order valence-electron chi connectivity index (χ0n) is 11.3. The highest BCUT2D eigenvalue weighted by molar-refractivity contribution is 7.90. The van der Waals surface area contributed by atoms with Gasteiger partial charge in [-0.25, -0.2) is 4.39 Å². The minimum Gasteiger partial charge on any atom is -0.409 e. The summed E-state index contributed by atoms with van der Waals surface area (Å²) in [7, 11) is -3.88. The molecule has 0 amide bonds. The number of oxime groups is 1. The Hall–Kier alpha value is -1.87. The Morgan fingerprint density at radius 2 is 2.00 bits per heavy atom. The number of hydrogen-bond donors (Lipinski definition) is 4. The fourth-order valence-corrected chi connectivity index (χ4v) is 2.77. The van der Waals surface area contributed by atoms with E-state index in [4.69, 9.17) is 10.9 Å². The lowest BCUT2D eigenvalue weighted by atomic mass is 10.1. The van der Waals surface area contributed by atoms with Gasteiger partial charge in [-0.15, -0.1) is 0 Å². The topological polar surface area (TPSA) is 117 Å². The van der Waals surface area contributed by atoms with Crippen molar-refractivity contribution in [1.82, 2.24) is 4.72 Å². The Balaban J connectivity index is 3.16. The molecule has 0 aliphatic heterocycles. The van der Waals surface area contributed by atoms with Crippen molar-refractivity contribution in [1.29, 1.82) is 0 Å². The van der Waals surface area contributed by atoms with Gasteiger partial charge in [-0.05, 0) is 39.0 Å². The predicted octanol–water partition coefficient (Wildman–Crippen LogP) is 0.965. The first-order valence-electron chi connectivity index (χ1n) is 5.63. The molecule has 0 aromatic heterocycles. The predicted molar refractivity (Wildman–Crippen MR) is 74.3 cm³/mol. The fourth-order valence-electron chi connectivity index (χ4n) is 1.44. The van der Waals surface area contributed by atoms with E-state index in [1.807, 2.05) is 0 Å². The number of benzene rings is 1. The monoisotopic (exact) mass is 304 g/mol. The molecule has 0 fully saturated rings. The molecule has 0 heterocycles. The summed E-state index contributed by atoms with van der Waals surface area (Å²) in [5.74, 6) is -1.05. The van der Waals surface area contributed by atoms with Crippen LogP contribution in [-0.4, -0.2) is 25.0 Å². The molecule has 0 aliphatic carbocycles. The maximum atomic E-state index is 13.2. The minimum absolute atomic E-state index is 0.00144. The quantitative estimate of drug-likeness (QED) is 0.287. The van der Waals surface area contributed by atoms with E-state index in [-0.39, 0.29) is 11.3 Å². The lowest BCUT2D eigenvalue weighted by Gasteiger charge is -2.21. The highest BCUT2D eigenvalue weighted by Crippen LogP contribution is 2.18. The van der Waals surface area contributed by atoms with Crippen LogP contribution in [0.2, 0.25) is 0 Å². The van der Waals surface area contributed by atoms with E-state index in [0.29, 0.717) is 0 Å². The van der Waals surface area contributed by atoms with E-state index >= 15 is 0 Å². The third-order valence-corrected chi connectivity index (χ3v) is 3.42. The fraction of sp³-hybridized carbons (Fsp3) is 0.364. The molecule has 9 heteroatoms. The highest BCUT2D eigenvalue weighted by atomic mass is 32.2. The van der Waals surface area contributed by atoms with Crippen molar-refractivity contribution in [2.24, 2.45) is 10.9 Å². The van der Waals surface area contributed by atoms with Crippen LogP contribution in [0.4, 0.5) is 10.1 Å². The number of amidine groups is 1. The van der Waals surface area contributed by atoms with Crippen molar-refractivity contribution in [3.05, 3.63) is 29.6 Å². The second-order valence-electron chi connectivity index (χ2n) is 5.13. The van der Waals surface area contributed by atoms with Crippen molar-refractivity contribution in [3.8, 4) is 0 Å². The summed E-state index contributed by atoms with van der Waals surface area (Å²) < 4.78 is 41.5. The zero-order chi connectivity index (χ0) is 15.6. The first-order chi connectivity index (χ1) is 9.04. The molecule has 0 bridgehead atoms. The van der Waals surface area contributed by atoms with E-state index in [0.717, 1.165) is 12.1 Å². The smallest absolute Gasteiger partial charge is 0.299 e. The summed E-state index contributed by atoms with van der Waals surface area (Å²) in [6.07, 6.45) is 0. The van der Waals surface area contributed by atoms with Gasteiger partial charge in [-0.1, -0.05) is 5.16 Å². The van der Waals surface area contributed by atoms with Crippen LogP contribution < -0.4 is 15.2 Å². The summed E-state index contributed by atoms with van der Waals surface area (Å²) in [6.45, 7) is 5.00. The molecule has 0 saturated heterocycles. The van der Waals surface area contributed by atoms with Crippen LogP contribution in [0.25, 0.3) is 0 Å². The van der Waals surface area contributed by atoms with Crippen LogP contribution in [0.3, 0.4) is 0 Å². The Kier molecular flexibility index (Phi) is 4.56. The maximum Gasteiger partial charge on any atom is 0.299 e. The third kappa shape index (κ3) is 4.67. The molecule has 0 aliphatic rings. The SMILES string of the molecule is CC(C)(C)NS(=O)(=O)Nc1ccc(F)cc1/C(N)=N/O. The number of halogens is 1. The second-order valence-corrected chi connectivity index (χ2v) is 6.55. The summed E-state index contributed by atoms with van der Waals surface area (Å²) in [5, 5.41) is 11.4. The molecule has 1 rings (SSSR count). The van der Waals surface area contributed by atoms with Crippen LogP contribution in [0.5, 0.6) is 0 Å². The first kappa shape index (κ1) is 16.2. The number of nitrogens with one attached hydrogen (secondary N) is 2. The molecule has 112 valence electrons. The molecule has 1 aromatic rings. The number of hydrogen-bond acceptors (Lipinski definition) is 4. The molecular weight excluding hydrogens is 287 g/mol. The number of rotatable bonds is 4. The molecule has 0 radical (unpaired) electrons. The van der Waals surface area contributed by atoms with Gasteiger partial charge in [0.05, 0.1) is 5.69 Å². The van der Waals surface area contributed by atoms with E-state index in [1.54, 1.807) is 20.8 Å². The Bertz CT molecular complexity index is 623. The number of nitrogens with two attached hydrogens (primary N) is 1. The standard InChI is InChI=1S/C11H17FN4O3S/c1-11(2,3)16-20(18,19)15-9-5-4-7(12)6-8(9)10(13)14-17/h4-6,15-17H,1-3H3,(H2,13,14). The minimum atomic E-state index is -3.88. The lowest BCUT2D eigenvalue weighted by molar-refractivity contribution is 0.318. The van der Waals surface area contributed by atoms with E-state index in [1.165, 1.54) is 6.07 Å². The summed E-state index contributed by atoms with van der Waals surface area (Å²) >= 11 is 0. The summed E-state index contributed by atoms with van der Waals surface area (Å²) in [5.41, 5.74) is 4.63. The molecule has 7 nitrogen and oxygen atoms in total. The Morgan fingerprint density at radius 3 is 2.50 bits per heavy atom. The summed E-state index contributed by atoms with van der Waals surface area (Å²) in [4.78, 5) is 0. The summed E-state index contributed by atoms with van der Waals surface area (Å²) in [6, 6.07) is 3.21. The number of anilines is 1. The molecule has 0 atom stereocenters. The van der Waals surface area contributed by atoms with Crippen molar-refractivity contribution in [3.63, 3.8) is 0 Å². The molecule has 0 spiro atoms. The molecule has 0 saturated carbocycles. The maximum absolute atomic E-state index is 13.2. The van der Waals surface area contributed by atoms with Crippen molar-refractivity contribution in [2.45, 2.75) is 26.3 Å². The number of nitrogens with zero attached hydrogens (tertiary/aromatic N) is 1. The van der Waals surface area contributed by atoms with Crippen LogP contribution in [0, 0.1) is 5.82 Å². The molecule has 20 heavy (non-hydrogen) atoms. The zero-order valence-corrected chi connectivity index (χ0v) is 12.1. The average molecular weight is 304 g/mol. The molecule has 5 N–H and O–H groups in total. The van der Waals surface area contributed by atoms with E-state index < -0.39 is 27.4 Å². The van der Waals surface area contributed by atoms with Gasteiger partial charge in [0.15, 0.2) is 5.84 Å². The largest absolute Gasteiger partial charge is 0.409 e. The van der Waals surface area contributed by atoms with Gasteiger partial charge in [-0.2, -0.15) is 13.1 Å². The van der Waals surface area contributed by atoms with Gasteiger partial charge in [-0.3, -0.25) is 4.72 Å². The second kappa shape index (κ2) is 5.63. The van der Waals surface area contributed by atoms with Crippen molar-refractivity contribution >= 4 is 21.7 Å². The van der Waals surface area contributed by atoms with Gasteiger partial charge in [0.2, 0.25) is 0 Å². The van der Waals surface area contributed by atoms with Crippen LogP contribution in [-0.2, 0) is 10.2 Å². The van der Waals surface area contributed by atoms with Crippen LogP contribution >= 0.6 is 0 Å². The Morgan fingerprint density at radius 1 is 1.40 bits per heavy atom. The van der Waals surface area contributed by atoms with Crippen molar-refractivity contribution < 1.29 is 18.0 Å². The van der Waals surface area contributed by atoms with E-state index in [2.05, 4.69) is 14.6 Å². The highest BCUT2D eigenvalue weighted by Gasteiger charge is 2.21. The van der Waals surface area contributed by atoms with Gasteiger partial charge in [0.25, 0.3) is 10.2 Å². The van der Waals surface area contributed by atoms with Crippen LogP contribution in [0.1, 0.15) is 26.3 Å². The molecule has 1 aromatic carbocycles. The third-order valence-electron chi connectivity index (χ3n) is 2.05.